The van der Waals surface area contributed by atoms with Gasteiger partial charge in [0, 0.05) is 11.3 Å². The first-order valence-corrected chi connectivity index (χ1v) is 11.2. The number of Topliss-reactive ketones (excluding diaryl/α,β-unsaturated/α-hetero) is 1. The van der Waals surface area contributed by atoms with Gasteiger partial charge in [-0.2, -0.15) is 5.26 Å². The molecule has 0 aliphatic heterocycles. The average molecular weight is 448 g/mol. The molecule has 0 spiro atoms. The largest absolute Gasteiger partial charge is 0.295 e. The van der Waals surface area contributed by atoms with Gasteiger partial charge in [-0.1, -0.05) is 35.2 Å². The molecule has 30 heavy (non-hydrogen) atoms. The molecular weight excluding hydrogens is 434 g/mol. The Kier molecular flexibility index (Phi) is 4.62. The van der Waals surface area contributed by atoms with Crippen LogP contribution in [-0.2, 0) is 0 Å². The van der Waals surface area contributed by atoms with Crippen LogP contribution in [0.4, 0.5) is 0 Å². The van der Waals surface area contributed by atoms with Gasteiger partial charge in [0.05, 0.1) is 22.9 Å². The van der Waals surface area contributed by atoms with Crippen LogP contribution in [0.15, 0.2) is 53.7 Å². The molecule has 0 atom stereocenters. The number of benzene rings is 2. The Morgan fingerprint density at radius 2 is 1.93 bits per heavy atom. The number of nitriles is 1. The van der Waals surface area contributed by atoms with Crippen LogP contribution >= 0.6 is 35.3 Å². The summed E-state index contributed by atoms with van der Waals surface area (Å²) < 4.78 is 5.42. The van der Waals surface area contributed by atoms with Crippen molar-refractivity contribution in [1.82, 2.24) is 18.9 Å². The number of rotatable bonds is 4. The Hall–Kier alpha value is -3.06. The van der Waals surface area contributed by atoms with E-state index in [0.29, 0.717) is 20.3 Å². The maximum absolute atomic E-state index is 11.6. The zero-order chi connectivity index (χ0) is 20.8. The zero-order valence-electron chi connectivity index (χ0n) is 15.7. The third-order valence-corrected chi connectivity index (χ3v) is 6.91. The van der Waals surface area contributed by atoms with Crippen LogP contribution in [-0.4, -0.2) is 30.5 Å². The SMILES string of the molecule is CC(=O)c1ccc(-n2c(=S)sc3c2nc(SCC#N)n2c4ccccc4nc32)cc1. The minimum absolute atomic E-state index is 0.0134. The molecule has 2 aromatic carbocycles. The van der Waals surface area contributed by atoms with Crippen molar-refractivity contribution in [3.63, 3.8) is 0 Å². The second-order valence-electron chi connectivity index (χ2n) is 6.56. The molecule has 0 saturated carbocycles. The van der Waals surface area contributed by atoms with Crippen LogP contribution in [0.1, 0.15) is 17.3 Å². The average Bonchev–Trinajstić information content (AvgIpc) is 3.29. The van der Waals surface area contributed by atoms with E-state index in [-0.39, 0.29) is 11.5 Å². The first-order valence-electron chi connectivity index (χ1n) is 9.02. The molecule has 9 heteroatoms. The van der Waals surface area contributed by atoms with E-state index in [2.05, 4.69) is 6.07 Å². The van der Waals surface area contributed by atoms with Crippen LogP contribution in [0.3, 0.4) is 0 Å². The van der Waals surface area contributed by atoms with Gasteiger partial charge in [0.1, 0.15) is 4.70 Å². The molecule has 146 valence electrons. The van der Waals surface area contributed by atoms with Crippen LogP contribution in [0.2, 0.25) is 0 Å². The summed E-state index contributed by atoms with van der Waals surface area (Å²) in [7, 11) is 0. The van der Waals surface area contributed by atoms with E-state index >= 15 is 0 Å². The lowest BCUT2D eigenvalue weighted by Crippen LogP contribution is -2.01. The topological polar surface area (TPSA) is 76.0 Å². The van der Waals surface area contributed by atoms with E-state index in [1.54, 1.807) is 19.1 Å². The highest BCUT2D eigenvalue weighted by Gasteiger charge is 2.19. The highest BCUT2D eigenvalue weighted by Crippen LogP contribution is 2.34. The number of para-hydroxylation sites is 2. The van der Waals surface area contributed by atoms with E-state index in [4.69, 9.17) is 27.4 Å². The smallest absolute Gasteiger partial charge is 0.177 e. The highest BCUT2D eigenvalue weighted by atomic mass is 32.2. The van der Waals surface area contributed by atoms with E-state index < -0.39 is 0 Å². The van der Waals surface area contributed by atoms with Crippen LogP contribution < -0.4 is 0 Å². The molecule has 0 aliphatic rings. The van der Waals surface area contributed by atoms with Crippen molar-refractivity contribution < 1.29 is 4.79 Å². The van der Waals surface area contributed by atoms with E-state index in [0.717, 1.165) is 27.1 Å². The normalized spacial score (nSPS) is 11.3. The molecule has 0 N–H and O–H groups in total. The van der Waals surface area contributed by atoms with Gasteiger partial charge < -0.3 is 0 Å². The van der Waals surface area contributed by atoms with Crippen LogP contribution in [0, 0.1) is 15.3 Å². The van der Waals surface area contributed by atoms with Gasteiger partial charge in [-0.15, -0.1) is 0 Å². The summed E-state index contributed by atoms with van der Waals surface area (Å²) in [5.74, 6) is 0.289. The van der Waals surface area contributed by atoms with Crippen molar-refractivity contribution in [1.29, 1.82) is 5.26 Å². The predicted octanol–water partition coefficient (Wildman–Crippen LogP) is 5.44. The second-order valence-corrected chi connectivity index (χ2v) is 9.15. The number of nitrogens with zero attached hydrogens (tertiary/aromatic N) is 5. The van der Waals surface area contributed by atoms with Gasteiger partial charge >= 0.3 is 0 Å². The lowest BCUT2D eigenvalue weighted by molar-refractivity contribution is 0.101. The molecule has 0 radical (unpaired) electrons. The predicted molar refractivity (Wildman–Crippen MR) is 122 cm³/mol. The lowest BCUT2D eigenvalue weighted by Gasteiger charge is -2.08. The molecule has 0 unspecified atom stereocenters. The first-order chi connectivity index (χ1) is 14.6. The summed E-state index contributed by atoms with van der Waals surface area (Å²) in [6.45, 7) is 1.54. The number of aromatic nitrogens is 4. The van der Waals surface area contributed by atoms with Crippen molar-refractivity contribution in [2.75, 3.05) is 5.75 Å². The van der Waals surface area contributed by atoms with E-state index in [1.807, 2.05) is 45.4 Å². The lowest BCUT2D eigenvalue weighted by atomic mass is 10.1. The van der Waals surface area contributed by atoms with Gasteiger partial charge in [-0.25, -0.2) is 9.97 Å². The Bertz CT molecular complexity index is 1550. The molecule has 0 aliphatic carbocycles. The minimum atomic E-state index is 0.0134. The zero-order valence-corrected chi connectivity index (χ0v) is 18.1. The summed E-state index contributed by atoms with van der Waals surface area (Å²) in [5, 5.41) is 9.80. The molecule has 0 bridgehead atoms. The fourth-order valence-corrected chi connectivity index (χ4v) is 5.41. The standard InChI is InChI=1S/C21H13N5OS3/c1-12(27)13-6-8-14(9-7-13)25-19-17(30-21(25)28)18-23-15-4-2-3-5-16(15)26(18)20(24-19)29-11-10-22/h2-9H,11H2,1H3. The second kappa shape index (κ2) is 7.32. The quantitative estimate of drug-likeness (QED) is 0.158. The van der Waals surface area contributed by atoms with Crippen LogP contribution in [0.25, 0.3) is 32.7 Å². The molecular formula is C21H13N5OS3. The number of thioether (sulfide) groups is 1. The molecule has 3 aromatic heterocycles. The van der Waals surface area contributed by atoms with Crippen molar-refractivity contribution in [3.05, 3.63) is 58.0 Å². The van der Waals surface area contributed by atoms with Gasteiger partial charge in [-0.3, -0.25) is 13.8 Å². The van der Waals surface area contributed by atoms with Crippen molar-refractivity contribution in [2.24, 2.45) is 0 Å². The van der Waals surface area contributed by atoms with Crippen molar-refractivity contribution in [3.8, 4) is 11.8 Å². The third-order valence-electron chi connectivity index (χ3n) is 4.74. The van der Waals surface area contributed by atoms with Gasteiger partial charge in [0.15, 0.2) is 26.2 Å². The Labute approximate surface area is 184 Å². The Balaban J connectivity index is 1.85. The number of carbonyl (C=O) groups excluding carboxylic acids is 1. The number of carbonyl (C=O) groups is 1. The summed E-state index contributed by atoms with van der Waals surface area (Å²) in [6.07, 6.45) is 0. The number of hydrogen-bond donors (Lipinski definition) is 0. The summed E-state index contributed by atoms with van der Waals surface area (Å²) in [5.41, 5.74) is 4.76. The summed E-state index contributed by atoms with van der Waals surface area (Å²) >= 11 is 8.49. The molecule has 0 saturated heterocycles. The molecule has 5 rings (SSSR count). The molecule has 6 nitrogen and oxygen atoms in total. The summed E-state index contributed by atoms with van der Waals surface area (Å²) in [6, 6.07) is 17.4. The number of hydrogen-bond acceptors (Lipinski definition) is 7. The molecule has 0 fully saturated rings. The Morgan fingerprint density at radius 3 is 2.67 bits per heavy atom. The van der Waals surface area contributed by atoms with Gasteiger partial charge in [-0.05, 0) is 55.5 Å². The van der Waals surface area contributed by atoms with Crippen molar-refractivity contribution in [2.45, 2.75) is 12.1 Å². The third kappa shape index (κ3) is 2.92. The highest BCUT2D eigenvalue weighted by molar-refractivity contribution is 7.99. The van der Waals surface area contributed by atoms with Crippen LogP contribution in [0.5, 0.6) is 0 Å². The fraction of sp³-hybridized carbons (Fsp3) is 0.0952. The van der Waals surface area contributed by atoms with Gasteiger partial charge in [0.2, 0.25) is 0 Å². The molecule has 5 aromatic rings. The maximum atomic E-state index is 11.6. The van der Waals surface area contributed by atoms with Gasteiger partial charge in [0.25, 0.3) is 0 Å². The number of imidazole rings is 1. The molecule has 3 heterocycles. The van der Waals surface area contributed by atoms with E-state index in [9.17, 15) is 4.79 Å². The summed E-state index contributed by atoms with van der Waals surface area (Å²) in [4.78, 5) is 21.3. The van der Waals surface area contributed by atoms with E-state index in [1.165, 1.54) is 23.1 Å². The number of ketones is 1. The Morgan fingerprint density at radius 1 is 1.17 bits per heavy atom. The number of fused-ring (bicyclic) bond motifs is 5. The first kappa shape index (κ1) is 18.9. The molecule has 0 amide bonds. The minimum Gasteiger partial charge on any atom is -0.295 e. The fourth-order valence-electron chi connectivity index (χ4n) is 3.39. The number of thiazole rings is 1. The maximum Gasteiger partial charge on any atom is 0.177 e. The monoisotopic (exact) mass is 447 g/mol. The van der Waals surface area contributed by atoms with Crippen molar-refractivity contribution >= 4 is 68.1 Å².